The van der Waals surface area contributed by atoms with Gasteiger partial charge in [-0.1, -0.05) is 25.3 Å². The predicted octanol–water partition coefficient (Wildman–Crippen LogP) is 7.43. The molecule has 0 spiro atoms. The average molecular weight is 793 g/mol. The van der Waals surface area contributed by atoms with E-state index < -0.39 is 23.9 Å². The van der Waals surface area contributed by atoms with E-state index in [1.807, 2.05) is 12.1 Å². The summed E-state index contributed by atoms with van der Waals surface area (Å²) in [7, 11) is 1.26. The Balaban J connectivity index is 1.19. The largest absolute Gasteiger partial charge is 0.494 e. The van der Waals surface area contributed by atoms with Crippen molar-refractivity contribution in [3.63, 3.8) is 0 Å². The highest BCUT2D eigenvalue weighted by Gasteiger charge is 2.15. The molecule has 0 aliphatic rings. The van der Waals surface area contributed by atoms with Crippen molar-refractivity contribution < 1.29 is 57.4 Å². The second-order valence-corrected chi connectivity index (χ2v) is 12.1. The Hall–Kier alpha value is -7.06. The van der Waals surface area contributed by atoms with Crippen LogP contribution in [-0.4, -0.2) is 69.8 Å². The predicted molar refractivity (Wildman–Crippen MR) is 214 cm³/mol. The Bertz CT molecular complexity index is 2030. The molecule has 0 aromatic heterocycles. The lowest BCUT2D eigenvalue weighted by molar-refractivity contribution is -0.217. The van der Waals surface area contributed by atoms with Crippen LogP contribution in [0.4, 0.5) is 0 Å². The zero-order valence-corrected chi connectivity index (χ0v) is 32.0. The molecule has 14 nitrogen and oxygen atoms in total. The van der Waals surface area contributed by atoms with Gasteiger partial charge >= 0.3 is 23.9 Å². The van der Waals surface area contributed by atoms with E-state index in [2.05, 4.69) is 23.4 Å². The van der Waals surface area contributed by atoms with Crippen molar-refractivity contribution in [1.29, 1.82) is 0 Å². The third-order valence-electron chi connectivity index (χ3n) is 7.80. The number of nitrogens with zero attached hydrogens (tertiary/aromatic N) is 2. The number of ether oxygens (including phenoxy) is 6. The fraction of sp³-hybridized carbons (Fsp3) is 0.227. The molecule has 0 bridgehead atoms. The fourth-order valence-electron chi connectivity index (χ4n) is 4.74. The van der Waals surface area contributed by atoms with E-state index in [1.165, 1.54) is 25.6 Å². The molecule has 0 amide bonds. The molecule has 0 unspecified atom stereocenters. The molecule has 0 heterocycles. The normalized spacial score (nSPS) is 10.8. The van der Waals surface area contributed by atoms with E-state index in [-0.39, 0.29) is 17.9 Å². The van der Waals surface area contributed by atoms with Crippen LogP contribution in [0.2, 0.25) is 0 Å². The Kier molecular flexibility index (Phi) is 18.4. The molecule has 0 N–H and O–H groups in total. The van der Waals surface area contributed by atoms with Crippen LogP contribution in [0.25, 0.3) is 0 Å². The van der Waals surface area contributed by atoms with Crippen molar-refractivity contribution in [2.45, 2.75) is 32.3 Å². The molecule has 0 fully saturated rings. The van der Waals surface area contributed by atoms with Crippen LogP contribution in [0.3, 0.4) is 0 Å². The van der Waals surface area contributed by atoms with Crippen LogP contribution in [0.5, 0.6) is 23.0 Å². The van der Waals surface area contributed by atoms with Gasteiger partial charge in [0.15, 0.2) is 5.75 Å². The summed E-state index contributed by atoms with van der Waals surface area (Å²) in [5.74, 6) is -0.251. The van der Waals surface area contributed by atoms with E-state index in [1.54, 1.807) is 72.8 Å². The molecule has 302 valence electrons. The first-order valence-electron chi connectivity index (χ1n) is 18.2. The topological polar surface area (TPSA) is 167 Å². The fourth-order valence-corrected chi connectivity index (χ4v) is 4.74. The smallest absolute Gasteiger partial charge is 0.343 e. The van der Waals surface area contributed by atoms with Crippen LogP contribution in [0.1, 0.15) is 63.1 Å². The Morgan fingerprint density at radius 2 is 1.12 bits per heavy atom. The molecule has 4 aromatic rings. The van der Waals surface area contributed by atoms with Gasteiger partial charge in [-0.3, -0.25) is 0 Å². The number of carbonyl (C=O) groups excluding carboxylic acids is 4. The molecule has 0 aliphatic carbocycles. The van der Waals surface area contributed by atoms with Crippen molar-refractivity contribution in [1.82, 2.24) is 0 Å². The lowest BCUT2D eigenvalue weighted by Crippen LogP contribution is -2.08. The number of carbonyl (C=O) groups is 4. The molecule has 0 aliphatic heterocycles. The van der Waals surface area contributed by atoms with Crippen molar-refractivity contribution in [3.05, 3.63) is 144 Å². The summed E-state index contributed by atoms with van der Waals surface area (Å²) >= 11 is 0. The molecule has 0 atom stereocenters. The standard InChI is InChI=1S/C44H44N2O12/c1-4-41(47)54-26-8-6-24-52-36-17-12-33(13-18-36)31-56-58-40-23-14-34(28-39(40)44(50)51-3)30-46-45-29-32-10-19-38(20-11-32)57-43(49)35-15-21-37(22-16-35)53-25-7-9-27-55-42(48)5-2/h4-5,10-23,28-30H,1-2,6-9,24-27,31H2,3H3. The van der Waals surface area contributed by atoms with Gasteiger partial charge in [0.1, 0.15) is 29.4 Å². The van der Waals surface area contributed by atoms with Crippen LogP contribution >= 0.6 is 0 Å². The van der Waals surface area contributed by atoms with Gasteiger partial charge in [-0.05, 0) is 121 Å². The number of benzene rings is 4. The minimum Gasteiger partial charge on any atom is -0.494 e. The van der Waals surface area contributed by atoms with Gasteiger partial charge in [0.25, 0.3) is 0 Å². The first-order chi connectivity index (χ1) is 28.3. The first-order valence-corrected chi connectivity index (χ1v) is 18.2. The zero-order chi connectivity index (χ0) is 41.4. The quantitative estimate of drug-likeness (QED) is 0.0101. The van der Waals surface area contributed by atoms with Crippen molar-refractivity contribution in [2.75, 3.05) is 33.5 Å². The summed E-state index contributed by atoms with van der Waals surface area (Å²) in [5.41, 5.74) is 2.56. The van der Waals surface area contributed by atoms with Gasteiger partial charge in [-0.25, -0.2) is 19.2 Å². The van der Waals surface area contributed by atoms with Gasteiger partial charge in [0.05, 0.1) is 51.5 Å². The van der Waals surface area contributed by atoms with Crippen LogP contribution in [0, 0.1) is 0 Å². The minimum absolute atomic E-state index is 0.0999. The lowest BCUT2D eigenvalue weighted by atomic mass is 10.1. The molecule has 14 heteroatoms. The zero-order valence-electron chi connectivity index (χ0n) is 32.0. The van der Waals surface area contributed by atoms with Crippen molar-refractivity contribution >= 4 is 36.3 Å². The molecule has 0 saturated carbocycles. The summed E-state index contributed by atoms with van der Waals surface area (Å²) < 4.78 is 31.6. The monoisotopic (exact) mass is 792 g/mol. The second kappa shape index (κ2) is 24.5. The Morgan fingerprint density at radius 3 is 1.69 bits per heavy atom. The molecule has 58 heavy (non-hydrogen) atoms. The number of rotatable bonds is 24. The SMILES string of the molecule is C=CC(=O)OCCCCOc1ccc(COOc2ccc(C=NN=Cc3ccc(OC(=O)c4ccc(OCCCCOC(=O)C=C)cc4)cc3)cc2C(=O)OC)cc1. The number of hydrogen-bond acceptors (Lipinski definition) is 14. The maximum atomic E-state index is 12.6. The lowest BCUT2D eigenvalue weighted by Gasteiger charge is -2.10. The van der Waals surface area contributed by atoms with Crippen LogP contribution < -0.4 is 19.1 Å². The molecular formula is C44H44N2O12. The highest BCUT2D eigenvalue weighted by atomic mass is 17.2. The summed E-state index contributed by atoms with van der Waals surface area (Å²) in [6.45, 7) is 8.32. The van der Waals surface area contributed by atoms with Crippen LogP contribution in [0.15, 0.2) is 127 Å². The van der Waals surface area contributed by atoms with E-state index in [0.717, 1.165) is 24.1 Å². The molecule has 0 radical (unpaired) electrons. The van der Waals surface area contributed by atoms with E-state index in [0.29, 0.717) is 79.6 Å². The summed E-state index contributed by atoms with van der Waals surface area (Å²) in [5, 5.41) is 8.15. The molecule has 0 saturated heterocycles. The van der Waals surface area contributed by atoms with Crippen molar-refractivity contribution in [3.8, 4) is 23.0 Å². The maximum absolute atomic E-state index is 12.6. The summed E-state index contributed by atoms with van der Waals surface area (Å²) in [4.78, 5) is 58.1. The maximum Gasteiger partial charge on any atom is 0.343 e. The minimum atomic E-state index is -0.626. The third-order valence-corrected chi connectivity index (χ3v) is 7.80. The Morgan fingerprint density at radius 1 is 0.603 bits per heavy atom. The molecule has 4 aromatic carbocycles. The summed E-state index contributed by atoms with van der Waals surface area (Å²) in [6, 6.07) is 25.4. The van der Waals surface area contributed by atoms with Gasteiger partial charge in [0, 0.05) is 12.2 Å². The molecular weight excluding hydrogens is 748 g/mol. The van der Waals surface area contributed by atoms with E-state index in [9.17, 15) is 19.2 Å². The third kappa shape index (κ3) is 15.6. The van der Waals surface area contributed by atoms with E-state index >= 15 is 0 Å². The highest BCUT2D eigenvalue weighted by molar-refractivity contribution is 5.95. The average Bonchev–Trinajstić information content (AvgIpc) is 3.25. The second-order valence-electron chi connectivity index (χ2n) is 12.1. The van der Waals surface area contributed by atoms with Gasteiger partial charge in [0.2, 0.25) is 0 Å². The Labute approximate surface area is 336 Å². The van der Waals surface area contributed by atoms with Crippen molar-refractivity contribution in [2.24, 2.45) is 10.2 Å². The van der Waals surface area contributed by atoms with Gasteiger partial charge in [-0.15, -0.1) is 0 Å². The number of hydrogen-bond donors (Lipinski definition) is 0. The van der Waals surface area contributed by atoms with E-state index in [4.69, 9.17) is 38.2 Å². The molecule has 4 rings (SSSR count). The summed E-state index contributed by atoms with van der Waals surface area (Å²) in [6.07, 6.45) is 7.99. The number of methoxy groups -OCH3 is 1. The first kappa shape index (κ1) is 43.7. The van der Waals surface area contributed by atoms with Crippen LogP contribution in [-0.2, 0) is 35.3 Å². The number of unbranched alkanes of at least 4 members (excludes halogenated alkanes) is 2. The highest BCUT2D eigenvalue weighted by Crippen LogP contribution is 2.22. The van der Waals surface area contributed by atoms with Gasteiger partial charge < -0.3 is 33.3 Å². The van der Waals surface area contributed by atoms with Gasteiger partial charge in [-0.2, -0.15) is 15.1 Å². The number of esters is 4.